The lowest BCUT2D eigenvalue weighted by molar-refractivity contribution is -0.0514. The van der Waals surface area contributed by atoms with E-state index < -0.39 is 12.7 Å². The quantitative estimate of drug-likeness (QED) is 0.893. The highest BCUT2D eigenvalue weighted by molar-refractivity contribution is 5.38. The highest BCUT2D eigenvalue weighted by Crippen LogP contribution is 2.30. The van der Waals surface area contributed by atoms with Crippen LogP contribution in [-0.4, -0.2) is 11.7 Å². The molecule has 0 saturated carbocycles. The maximum Gasteiger partial charge on any atom is 0.387 e. The summed E-state index contributed by atoms with van der Waals surface area (Å²) in [5, 5.41) is 9.96. The van der Waals surface area contributed by atoms with E-state index in [9.17, 15) is 13.9 Å². The predicted molar refractivity (Wildman–Crippen MR) is 55.8 cm³/mol. The van der Waals surface area contributed by atoms with Crippen LogP contribution in [0.3, 0.4) is 0 Å². The van der Waals surface area contributed by atoms with Crippen molar-refractivity contribution < 1.29 is 23.0 Å². The Hall–Kier alpha value is -1.88. The van der Waals surface area contributed by atoms with Gasteiger partial charge < -0.3 is 14.3 Å². The average molecular weight is 240 g/mol. The third-order valence-electron chi connectivity index (χ3n) is 2.24. The van der Waals surface area contributed by atoms with Crippen LogP contribution in [0.2, 0.25) is 0 Å². The van der Waals surface area contributed by atoms with Gasteiger partial charge in [-0.1, -0.05) is 18.2 Å². The van der Waals surface area contributed by atoms with Crippen LogP contribution < -0.4 is 4.74 Å². The second-order valence-corrected chi connectivity index (χ2v) is 3.33. The fourth-order valence-electron chi connectivity index (χ4n) is 1.51. The van der Waals surface area contributed by atoms with Gasteiger partial charge in [0.1, 0.15) is 17.6 Å². The van der Waals surface area contributed by atoms with E-state index in [1.54, 1.807) is 24.3 Å². The number of hydrogen-bond acceptors (Lipinski definition) is 3. The van der Waals surface area contributed by atoms with Crippen molar-refractivity contribution in [3.63, 3.8) is 0 Å². The number of aliphatic hydroxyl groups is 1. The van der Waals surface area contributed by atoms with Crippen molar-refractivity contribution in [2.24, 2.45) is 0 Å². The van der Waals surface area contributed by atoms with Crippen LogP contribution in [0.25, 0.3) is 0 Å². The number of rotatable bonds is 4. The zero-order valence-electron chi connectivity index (χ0n) is 8.72. The molecule has 2 aromatic rings. The summed E-state index contributed by atoms with van der Waals surface area (Å²) >= 11 is 0. The molecule has 0 bridgehead atoms. The zero-order valence-corrected chi connectivity index (χ0v) is 8.72. The van der Waals surface area contributed by atoms with E-state index in [2.05, 4.69) is 4.74 Å². The number of aliphatic hydroxyl groups excluding tert-OH is 1. The molecule has 3 nitrogen and oxygen atoms in total. The number of hydrogen-bond donors (Lipinski definition) is 1. The number of ether oxygens (including phenoxy) is 1. The van der Waals surface area contributed by atoms with E-state index in [1.165, 1.54) is 18.4 Å². The molecule has 1 N–H and O–H groups in total. The highest BCUT2D eigenvalue weighted by Gasteiger charge is 2.19. The summed E-state index contributed by atoms with van der Waals surface area (Å²) in [7, 11) is 0. The fraction of sp³-hybridized carbons (Fsp3) is 0.167. The average Bonchev–Trinajstić information content (AvgIpc) is 2.81. The van der Waals surface area contributed by atoms with Gasteiger partial charge in [0.25, 0.3) is 0 Å². The molecular weight excluding hydrogens is 230 g/mol. The van der Waals surface area contributed by atoms with Gasteiger partial charge in [-0.3, -0.25) is 0 Å². The minimum atomic E-state index is -2.93. The minimum Gasteiger partial charge on any atom is -0.466 e. The summed E-state index contributed by atoms with van der Waals surface area (Å²) in [6.45, 7) is -2.93. The first-order chi connectivity index (χ1) is 8.18. The van der Waals surface area contributed by atoms with E-state index in [4.69, 9.17) is 4.42 Å². The lowest BCUT2D eigenvalue weighted by atomic mass is 10.1. The largest absolute Gasteiger partial charge is 0.466 e. The van der Waals surface area contributed by atoms with Crippen molar-refractivity contribution >= 4 is 0 Å². The molecule has 1 aromatic heterocycles. The lowest BCUT2D eigenvalue weighted by Crippen LogP contribution is -2.07. The van der Waals surface area contributed by atoms with Crippen LogP contribution in [0, 0.1) is 0 Å². The normalized spacial score (nSPS) is 12.7. The molecule has 1 heterocycles. The van der Waals surface area contributed by atoms with Crippen LogP contribution in [0.4, 0.5) is 8.78 Å². The Balaban J connectivity index is 2.31. The molecule has 1 unspecified atom stereocenters. The first kappa shape index (κ1) is 11.6. The van der Waals surface area contributed by atoms with Crippen molar-refractivity contribution in [3.05, 3.63) is 54.0 Å². The van der Waals surface area contributed by atoms with Crippen LogP contribution in [0.1, 0.15) is 17.4 Å². The van der Waals surface area contributed by atoms with E-state index in [-0.39, 0.29) is 17.1 Å². The minimum absolute atomic E-state index is 0.0635. The summed E-state index contributed by atoms with van der Waals surface area (Å²) in [6, 6.07) is 9.22. The van der Waals surface area contributed by atoms with Gasteiger partial charge in [-0.2, -0.15) is 8.78 Å². The SMILES string of the molecule is OC(c1ccco1)c1ccccc1OC(F)F. The Kier molecular flexibility index (Phi) is 3.39. The molecular formula is C12H10F2O3. The molecule has 0 fully saturated rings. The van der Waals surface area contributed by atoms with Gasteiger partial charge in [0.05, 0.1) is 6.26 Å². The molecule has 2 rings (SSSR count). The van der Waals surface area contributed by atoms with Gasteiger partial charge in [0, 0.05) is 5.56 Å². The summed E-state index contributed by atoms with van der Waals surface area (Å²) < 4.78 is 33.7. The highest BCUT2D eigenvalue weighted by atomic mass is 19.3. The van der Waals surface area contributed by atoms with Crippen LogP contribution in [-0.2, 0) is 0 Å². The van der Waals surface area contributed by atoms with Crippen molar-refractivity contribution in [3.8, 4) is 5.75 Å². The van der Waals surface area contributed by atoms with E-state index in [0.717, 1.165) is 0 Å². The smallest absolute Gasteiger partial charge is 0.387 e. The third kappa shape index (κ3) is 2.62. The number of alkyl halides is 2. The number of benzene rings is 1. The summed E-state index contributed by atoms with van der Waals surface area (Å²) in [4.78, 5) is 0. The lowest BCUT2D eigenvalue weighted by Gasteiger charge is -2.13. The van der Waals surface area contributed by atoms with Crippen molar-refractivity contribution in [2.75, 3.05) is 0 Å². The monoisotopic (exact) mass is 240 g/mol. The Labute approximate surface area is 96.3 Å². The van der Waals surface area contributed by atoms with Gasteiger partial charge in [0.15, 0.2) is 0 Å². The van der Waals surface area contributed by atoms with Crippen LogP contribution in [0.5, 0.6) is 5.75 Å². The second kappa shape index (κ2) is 4.97. The Morgan fingerprint density at radius 2 is 1.88 bits per heavy atom. The first-order valence-electron chi connectivity index (χ1n) is 4.93. The van der Waals surface area contributed by atoms with Gasteiger partial charge in [-0.25, -0.2) is 0 Å². The molecule has 0 saturated heterocycles. The Morgan fingerprint density at radius 1 is 1.12 bits per heavy atom. The third-order valence-corrected chi connectivity index (χ3v) is 2.24. The number of furan rings is 1. The zero-order chi connectivity index (χ0) is 12.3. The molecule has 0 amide bonds. The van der Waals surface area contributed by atoms with E-state index in [0.29, 0.717) is 0 Å². The number of para-hydroxylation sites is 1. The van der Waals surface area contributed by atoms with Crippen LogP contribution >= 0.6 is 0 Å². The predicted octanol–water partition coefficient (Wildman–Crippen LogP) is 2.96. The molecule has 0 aliphatic heterocycles. The maximum atomic E-state index is 12.2. The standard InChI is InChI=1S/C12H10F2O3/c13-12(14)17-9-5-2-1-4-8(9)11(15)10-6-3-7-16-10/h1-7,11-12,15H. The van der Waals surface area contributed by atoms with E-state index >= 15 is 0 Å². The molecule has 1 aromatic carbocycles. The second-order valence-electron chi connectivity index (χ2n) is 3.33. The molecule has 1 atom stereocenters. The van der Waals surface area contributed by atoms with Crippen molar-refractivity contribution in [1.82, 2.24) is 0 Å². The van der Waals surface area contributed by atoms with Crippen molar-refractivity contribution in [2.45, 2.75) is 12.7 Å². The van der Waals surface area contributed by atoms with Gasteiger partial charge in [-0.05, 0) is 18.2 Å². The topological polar surface area (TPSA) is 42.6 Å². The molecule has 17 heavy (non-hydrogen) atoms. The molecule has 5 heteroatoms. The molecule has 90 valence electrons. The molecule has 0 radical (unpaired) electrons. The van der Waals surface area contributed by atoms with Crippen LogP contribution in [0.15, 0.2) is 47.1 Å². The van der Waals surface area contributed by atoms with E-state index in [1.807, 2.05) is 0 Å². The Bertz CT molecular complexity index is 468. The first-order valence-corrected chi connectivity index (χ1v) is 4.93. The molecule has 0 aliphatic rings. The molecule has 0 aliphatic carbocycles. The maximum absolute atomic E-state index is 12.2. The fourth-order valence-corrected chi connectivity index (χ4v) is 1.51. The summed E-state index contributed by atoms with van der Waals surface area (Å²) in [5.41, 5.74) is 0.239. The Morgan fingerprint density at radius 3 is 2.53 bits per heavy atom. The van der Waals surface area contributed by atoms with Gasteiger partial charge >= 0.3 is 6.61 Å². The summed E-state index contributed by atoms with van der Waals surface area (Å²) in [5.74, 6) is 0.210. The molecule has 0 spiro atoms. The van der Waals surface area contributed by atoms with Gasteiger partial charge in [-0.15, -0.1) is 0 Å². The number of halogens is 2. The van der Waals surface area contributed by atoms with Gasteiger partial charge in [0.2, 0.25) is 0 Å². The van der Waals surface area contributed by atoms with Crippen molar-refractivity contribution in [1.29, 1.82) is 0 Å². The summed E-state index contributed by atoms with van der Waals surface area (Å²) in [6.07, 6.45) is 0.273.